The molecule has 0 aliphatic heterocycles. The first-order valence-corrected chi connectivity index (χ1v) is 15.1. The Labute approximate surface area is 263 Å². The van der Waals surface area contributed by atoms with E-state index < -0.39 is 27.6 Å². The molecular formula is C29H20F4N6O5S2. The van der Waals surface area contributed by atoms with Crippen LogP contribution in [0, 0.1) is 17.1 Å². The second kappa shape index (κ2) is 12.9. The zero-order valence-electron chi connectivity index (χ0n) is 23.7. The first kappa shape index (κ1) is 32.1. The third kappa shape index (κ3) is 6.53. The number of alkyl halides is 3. The summed E-state index contributed by atoms with van der Waals surface area (Å²) >= 11 is 0.817. The van der Waals surface area contributed by atoms with Gasteiger partial charge in [0, 0.05) is 40.4 Å². The Morgan fingerprint density at radius 1 is 0.978 bits per heavy atom. The maximum absolute atomic E-state index is 14.6. The van der Waals surface area contributed by atoms with Crippen LogP contribution < -0.4 is 18.5 Å². The van der Waals surface area contributed by atoms with Gasteiger partial charge >= 0.3 is 6.18 Å². The quantitative estimate of drug-likeness (QED) is 0.157. The molecule has 0 saturated carbocycles. The van der Waals surface area contributed by atoms with Crippen molar-refractivity contribution in [2.45, 2.75) is 17.6 Å². The van der Waals surface area contributed by atoms with E-state index >= 15 is 0 Å². The monoisotopic (exact) mass is 672 g/mol. The second-order valence-corrected chi connectivity index (χ2v) is 11.9. The van der Waals surface area contributed by atoms with Crippen LogP contribution in [0.1, 0.15) is 16.7 Å². The zero-order chi connectivity index (χ0) is 33.1. The average molecular weight is 673 g/mol. The van der Waals surface area contributed by atoms with Crippen LogP contribution in [0.25, 0.3) is 11.1 Å². The number of rotatable bonds is 10. The van der Waals surface area contributed by atoms with Crippen LogP contribution in [-0.4, -0.2) is 42.2 Å². The van der Waals surface area contributed by atoms with Gasteiger partial charge in [0.1, 0.15) is 41.2 Å². The van der Waals surface area contributed by atoms with Gasteiger partial charge < -0.3 is 14.2 Å². The van der Waals surface area contributed by atoms with E-state index in [0.717, 1.165) is 40.2 Å². The number of methoxy groups -OCH3 is 2. The summed E-state index contributed by atoms with van der Waals surface area (Å²) in [7, 11) is -1.53. The largest absolute Gasteiger partial charge is 0.497 e. The summed E-state index contributed by atoms with van der Waals surface area (Å²) in [6, 6.07) is 12.4. The predicted octanol–water partition coefficient (Wildman–Crippen LogP) is 6.23. The topological polar surface area (TPSA) is 140 Å². The van der Waals surface area contributed by atoms with Crippen LogP contribution in [0.4, 0.5) is 22.7 Å². The molecule has 17 heteroatoms. The van der Waals surface area contributed by atoms with E-state index in [0.29, 0.717) is 29.2 Å². The third-order valence-electron chi connectivity index (χ3n) is 6.52. The molecule has 236 valence electrons. The van der Waals surface area contributed by atoms with Gasteiger partial charge in [0.2, 0.25) is 5.13 Å². The Balaban J connectivity index is 1.55. The van der Waals surface area contributed by atoms with Crippen molar-refractivity contribution < 1.29 is 40.2 Å². The van der Waals surface area contributed by atoms with Gasteiger partial charge in [0.25, 0.3) is 10.0 Å². The number of hydrogen-bond acceptors (Lipinski definition) is 11. The molecule has 5 rings (SSSR count). The fourth-order valence-corrected chi connectivity index (χ4v) is 6.45. The summed E-state index contributed by atoms with van der Waals surface area (Å²) in [5.41, 5.74) is -1.46. The highest BCUT2D eigenvalue weighted by atomic mass is 32.2. The molecule has 3 aromatic carbocycles. The van der Waals surface area contributed by atoms with E-state index in [1.54, 1.807) is 18.2 Å². The SMILES string of the molecule is COc1ccc(CN(c2ncns2)S(=O)(=O)c2ccc(Oc3cc(F)c(C(F)(F)F)cc3-c3ccnnc3)c(C#N)c2)c(OC)c1. The Hall–Kier alpha value is -5.34. The lowest BCUT2D eigenvalue weighted by atomic mass is 10.0. The van der Waals surface area contributed by atoms with Gasteiger partial charge in [-0.3, -0.25) is 0 Å². The fraction of sp³-hybridized carbons (Fsp3) is 0.138. The van der Waals surface area contributed by atoms with Gasteiger partial charge in [-0.2, -0.15) is 33.0 Å². The maximum atomic E-state index is 14.6. The summed E-state index contributed by atoms with van der Waals surface area (Å²) in [6.07, 6.45) is -1.45. The molecule has 0 radical (unpaired) electrons. The number of nitrogens with zero attached hydrogens (tertiary/aromatic N) is 6. The summed E-state index contributed by atoms with van der Waals surface area (Å²) in [5, 5.41) is 17.2. The lowest BCUT2D eigenvalue weighted by Crippen LogP contribution is -2.30. The molecule has 2 heterocycles. The summed E-state index contributed by atoms with van der Waals surface area (Å²) in [6.45, 7) is -0.237. The molecule has 0 unspecified atom stereocenters. The summed E-state index contributed by atoms with van der Waals surface area (Å²) < 4.78 is 104. The van der Waals surface area contributed by atoms with Crippen molar-refractivity contribution in [1.82, 2.24) is 19.6 Å². The van der Waals surface area contributed by atoms with Crippen molar-refractivity contribution in [3.63, 3.8) is 0 Å². The normalized spacial score (nSPS) is 11.5. The zero-order valence-corrected chi connectivity index (χ0v) is 25.3. The summed E-state index contributed by atoms with van der Waals surface area (Å²) in [5.74, 6) is -1.42. The van der Waals surface area contributed by atoms with Crippen molar-refractivity contribution in [3.05, 3.63) is 95.8 Å². The Morgan fingerprint density at radius 3 is 2.41 bits per heavy atom. The number of aromatic nitrogens is 4. The van der Waals surface area contributed by atoms with E-state index in [-0.39, 0.29) is 44.8 Å². The highest BCUT2D eigenvalue weighted by Gasteiger charge is 2.36. The van der Waals surface area contributed by atoms with Crippen molar-refractivity contribution in [2.24, 2.45) is 0 Å². The molecule has 0 bridgehead atoms. The molecule has 0 aliphatic carbocycles. The van der Waals surface area contributed by atoms with Gasteiger partial charge in [-0.25, -0.2) is 22.1 Å². The lowest BCUT2D eigenvalue weighted by molar-refractivity contribution is -0.139. The number of benzene rings is 3. The van der Waals surface area contributed by atoms with Gasteiger partial charge in [0.05, 0.1) is 49.2 Å². The summed E-state index contributed by atoms with van der Waals surface area (Å²) in [4.78, 5) is 3.72. The molecule has 0 spiro atoms. The van der Waals surface area contributed by atoms with Crippen LogP contribution in [0.2, 0.25) is 0 Å². The van der Waals surface area contributed by atoms with Crippen LogP contribution >= 0.6 is 11.5 Å². The van der Waals surface area contributed by atoms with E-state index in [1.807, 2.05) is 6.07 Å². The number of nitriles is 1. The number of ether oxygens (including phenoxy) is 3. The maximum Gasteiger partial charge on any atom is 0.419 e. The minimum atomic E-state index is -5.01. The van der Waals surface area contributed by atoms with Crippen molar-refractivity contribution >= 4 is 26.7 Å². The fourth-order valence-electron chi connectivity index (χ4n) is 4.29. The van der Waals surface area contributed by atoms with E-state index in [1.165, 1.54) is 32.8 Å². The minimum Gasteiger partial charge on any atom is -0.497 e. The average Bonchev–Trinajstić information content (AvgIpc) is 3.58. The van der Waals surface area contributed by atoms with Gasteiger partial charge in [-0.15, -0.1) is 0 Å². The standard InChI is InChI=1S/C29H20F4N6O5S2/c1-42-20-4-3-18(26(10-20)43-2)15-39(28-35-16-38-45-28)46(40,41)21-5-6-25(19(9-21)13-34)44-27-12-24(30)23(29(31,32)33)11-22(27)17-7-8-36-37-14-17/h3-12,14,16H,15H2,1-2H3. The number of anilines is 1. The first-order chi connectivity index (χ1) is 22.0. The Morgan fingerprint density at radius 2 is 1.78 bits per heavy atom. The molecule has 0 N–H and O–H groups in total. The highest BCUT2D eigenvalue weighted by Crippen LogP contribution is 2.41. The predicted molar refractivity (Wildman–Crippen MR) is 156 cm³/mol. The van der Waals surface area contributed by atoms with Gasteiger partial charge in [-0.1, -0.05) is 0 Å². The third-order valence-corrected chi connectivity index (χ3v) is 9.06. The first-order valence-electron chi connectivity index (χ1n) is 12.9. The molecular weight excluding hydrogens is 652 g/mol. The minimum absolute atomic E-state index is 0.0209. The van der Waals surface area contributed by atoms with Crippen LogP contribution in [0.15, 0.2) is 78.2 Å². The Bertz CT molecular complexity index is 2020. The molecule has 0 amide bonds. The molecule has 0 fully saturated rings. The number of halogens is 4. The molecule has 11 nitrogen and oxygen atoms in total. The molecule has 46 heavy (non-hydrogen) atoms. The lowest BCUT2D eigenvalue weighted by Gasteiger charge is -2.23. The van der Waals surface area contributed by atoms with Crippen molar-refractivity contribution in [2.75, 3.05) is 18.5 Å². The van der Waals surface area contributed by atoms with Crippen LogP contribution in [0.5, 0.6) is 23.0 Å². The van der Waals surface area contributed by atoms with Crippen molar-refractivity contribution in [1.29, 1.82) is 5.26 Å². The smallest absolute Gasteiger partial charge is 0.419 e. The van der Waals surface area contributed by atoms with E-state index in [4.69, 9.17) is 14.2 Å². The molecule has 0 saturated heterocycles. The highest BCUT2D eigenvalue weighted by molar-refractivity contribution is 7.93. The molecule has 5 aromatic rings. The Kier molecular flexibility index (Phi) is 9.03. The second-order valence-electron chi connectivity index (χ2n) is 9.24. The van der Waals surface area contributed by atoms with Crippen LogP contribution in [-0.2, 0) is 22.7 Å². The van der Waals surface area contributed by atoms with Crippen LogP contribution in [0.3, 0.4) is 0 Å². The number of hydrogen-bond donors (Lipinski definition) is 0. The molecule has 0 atom stereocenters. The molecule has 0 aliphatic rings. The van der Waals surface area contributed by atoms with E-state index in [9.17, 15) is 31.2 Å². The number of sulfonamides is 1. The van der Waals surface area contributed by atoms with Gasteiger partial charge in [-0.05, 0) is 42.5 Å². The van der Waals surface area contributed by atoms with Crippen molar-refractivity contribution in [3.8, 4) is 40.2 Å². The van der Waals surface area contributed by atoms with Gasteiger partial charge in [0.15, 0.2) is 0 Å². The van der Waals surface area contributed by atoms with E-state index in [2.05, 4.69) is 19.6 Å². The molecule has 2 aromatic heterocycles.